The molecule has 0 heterocycles. The molecule has 0 amide bonds. The normalized spacial score (nSPS) is 12.3. The maximum atomic E-state index is 9.82. The van der Waals surface area contributed by atoms with E-state index in [2.05, 4.69) is 11.9 Å². The molecule has 0 saturated carbocycles. The van der Waals surface area contributed by atoms with Crippen molar-refractivity contribution in [1.29, 1.82) is 0 Å². The van der Waals surface area contributed by atoms with Gasteiger partial charge in [-0.15, -0.1) is 0 Å². The quantitative estimate of drug-likeness (QED) is 0.239. The number of rotatable bonds is 5. The van der Waals surface area contributed by atoms with Gasteiger partial charge in [-0.3, -0.25) is 0 Å². The molecule has 0 aromatic carbocycles. The Morgan fingerprint density at radius 2 is 2.45 bits per heavy atom. The molecular weight excluding hydrogens is 140 g/mol. The summed E-state index contributed by atoms with van der Waals surface area (Å²) in [5.74, 6) is 0. The van der Waals surface area contributed by atoms with Gasteiger partial charge in [0.1, 0.15) is 0 Å². The summed E-state index contributed by atoms with van der Waals surface area (Å²) in [5.41, 5.74) is 1.04. The van der Waals surface area contributed by atoms with Gasteiger partial charge < -0.3 is 10.5 Å². The van der Waals surface area contributed by atoms with Gasteiger partial charge in [-0.05, 0) is 25.6 Å². The van der Waals surface area contributed by atoms with Crippen LogP contribution in [0.3, 0.4) is 0 Å². The first-order valence-electron chi connectivity index (χ1n) is 3.52. The van der Waals surface area contributed by atoms with Crippen LogP contribution in [0.25, 0.3) is 0 Å². The molecule has 0 radical (unpaired) electrons. The predicted molar refractivity (Wildman–Crippen MR) is 47.2 cm³/mol. The van der Waals surface area contributed by atoms with E-state index >= 15 is 0 Å². The average molecular weight is 154 g/mol. The van der Waals surface area contributed by atoms with Crippen LogP contribution >= 0.6 is 0 Å². The molecule has 0 atom stereocenters. The van der Waals surface area contributed by atoms with Crippen LogP contribution in [0.15, 0.2) is 24.3 Å². The second-order valence-corrected chi connectivity index (χ2v) is 2.08. The molecule has 0 aromatic heterocycles. The van der Waals surface area contributed by atoms with Gasteiger partial charge in [0.15, 0.2) is 6.21 Å². The summed E-state index contributed by atoms with van der Waals surface area (Å²) in [7, 11) is 1.89. The van der Waals surface area contributed by atoms with Crippen molar-refractivity contribution in [2.75, 3.05) is 13.6 Å². The highest BCUT2D eigenvalue weighted by Crippen LogP contribution is 1.98. The smallest absolute Gasteiger partial charge is 0.172 e. The fourth-order valence-electron chi connectivity index (χ4n) is 0.664. The van der Waals surface area contributed by atoms with E-state index in [0.717, 1.165) is 18.5 Å². The number of nitrogens with one attached hydrogen (secondary N) is 2. The fraction of sp³-hybridized carbons (Fsp3) is 0.375. The highest BCUT2D eigenvalue weighted by molar-refractivity contribution is 5.67. The van der Waals surface area contributed by atoms with Crippen LogP contribution in [0.5, 0.6) is 0 Å². The predicted octanol–water partition coefficient (Wildman–Crippen LogP) is -0.642. The Morgan fingerprint density at radius 3 is 2.91 bits per heavy atom. The van der Waals surface area contributed by atoms with Crippen molar-refractivity contribution in [3.05, 3.63) is 29.5 Å². The molecule has 2 N–H and O–H groups in total. The first kappa shape index (κ1) is 9.91. The van der Waals surface area contributed by atoms with E-state index in [4.69, 9.17) is 0 Å². The molecule has 0 saturated heterocycles. The topological polar surface area (TPSA) is 49.1 Å². The van der Waals surface area contributed by atoms with Gasteiger partial charge in [-0.2, -0.15) is 0 Å². The number of allylic oxidation sites excluding steroid dienone is 2. The molecule has 0 fully saturated rings. The molecule has 62 valence electrons. The summed E-state index contributed by atoms with van der Waals surface area (Å²) in [6.07, 6.45) is 5.70. The van der Waals surface area contributed by atoms with Crippen molar-refractivity contribution >= 4 is 6.21 Å². The van der Waals surface area contributed by atoms with Gasteiger partial charge in [0.05, 0.1) is 0 Å². The zero-order valence-corrected chi connectivity index (χ0v) is 6.76. The highest BCUT2D eigenvalue weighted by Gasteiger charge is 1.88. The van der Waals surface area contributed by atoms with Crippen molar-refractivity contribution in [3.8, 4) is 0 Å². The van der Waals surface area contributed by atoms with E-state index in [9.17, 15) is 5.21 Å². The van der Waals surface area contributed by atoms with Crippen molar-refractivity contribution in [2.45, 2.75) is 6.42 Å². The van der Waals surface area contributed by atoms with Gasteiger partial charge in [0.25, 0.3) is 0 Å². The molecule has 11 heavy (non-hydrogen) atoms. The minimum absolute atomic E-state index is 0.887. The molecule has 0 bridgehead atoms. The lowest BCUT2D eigenvalue weighted by Crippen LogP contribution is -2.59. The maximum absolute atomic E-state index is 9.82. The van der Waals surface area contributed by atoms with E-state index in [0.29, 0.717) is 0 Å². The number of hydrogen-bond acceptors (Lipinski definition) is 2. The summed E-state index contributed by atoms with van der Waals surface area (Å²) in [6, 6.07) is 0. The van der Waals surface area contributed by atoms with Crippen LogP contribution in [-0.4, -0.2) is 19.8 Å². The Balaban J connectivity index is 3.83. The molecule has 3 nitrogen and oxygen atoms in total. The monoisotopic (exact) mass is 154 g/mol. The SMILES string of the molecule is C=C/C(=C\C=[NH+]\[O-])CCNC. The third kappa shape index (κ3) is 5.36. The summed E-state index contributed by atoms with van der Waals surface area (Å²) in [4.78, 5) is 0. The van der Waals surface area contributed by atoms with Crippen molar-refractivity contribution in [1.82, 2.24) is 5.32 Å². The Labute approximate surface area is 67.1 Å². The van der Waals surface area contributed by atoms with E-state index in [1.807, 2.05) is 7.05 Å². The van der Waals surface area contributed by atoms with E-state index in [1.54, 1.807) is 17.3 Å². The standard InChI is InChI=1S/C8H14N2O/c1-3-8(4-6-9-2)5-7-10-11/h3,5,7,9-10H,1,4,6H2,2H3/b8-5+,10-7+. The third-order valence-electron chi connectivity index (χ3n) is 1.29. The van der Waals surface area contributed by atoms with Crippen molar-refractivity contribution in [2.24, 2.45) is 0 Å². The second kappa shape index (κ2) is 7.02. The van der Waals surface area contributed by atoms with Crippen LogP contribution in [-0.2, 0) is 0 Å². The molecule has 0 aliphatic heterocycles. The Morgan fingerprint density at radius 1 is 1.73 bits per heavy atom. The van der Waals surface area contributed by atoms with Crippen molar-refractivity contribution in [3.63, 3.8) is 0 Å². The molecule has 0 aliphatic carbocycles. The summed E-state index contributed by atoms with van der Waals surface area (Å²) < 4.78 is 0. The van der Waals surface area contributed by atoms with Crippen LogP contribution in [0.4, 0.5) is 0 Å². The summed E-state index contributed by atoms with van der Waals surface area (Å²) in [5, 5.41) is 14.5. The van der Waals surface area contributed by atoms with Crippen molar-refractivity contribution < 1.29 is 5.16 Å². The first-order chi connectivity index (χ1) is 5.35. The zero-order valence-electron chi connectivity index (χ0n) is 6.76. The highest BCUT2D eigenvalue weighted by atomic mass is 16.4. The molecule has 3 heteroatoms. The Hall–Kier alpha value is -1.09. The van der Waals surface area contributed by atoms with Gasteiger partial charge in [-0.1, -0.05) is 12.7 Å². The lowest BCUT2D eigenvalue weighted by atomic mass is 10.2. The molecule has 0 rings (SSSR count). The lowest BCUT2D eigenvalue weighted by Gasteiger charge is -1.97. The molecular formula is C8H14N2O. The Kier molecular flexibility index (Phi) is 6.33. The number of hydrogen-bond donors (Lipinski definition) is 2. The molecule has 0 spiro atoms. The first-order valence-corrected chi connectivity index (χ1v) is 3.52. The minimum atomic E-state index is 0.887. The van der Waals surface area contributed by atoms with Crippen LogP contribution < -0.4 is 10.5 Å². The van der Waals surface area contributed by atoms with E-state index in [1.165, 1.54) is 6.21 Å². The zero-order chi connectivity index (χ0) is 8.53. The van der Waals surface area contributed by atoms with Gasteiger partial charge in [0, 0.05) is 6.08 Å². The summed E-state index contributed by atoms with van der Waals surface area (Å²) >= 11 is 0. The largest absolute Gasteiger partial charge is 0.625 e. The average Bonchev–Trinajstić information content (AvgIpc) is 2.05. The van der Waals surface area contributed by atoms with Gasteiger partial charge in [-0.25, -0.2) is 5.16 Å². The third-order valence-corrected chi connectivity index (χ3v) is 1.29. The van der Waals surface area contributed by atoms with Crippen LogP contribution in [0.2, 0.25) is 0 Å². The second-order valence-electron chi connectivity index (χ2n) is 2.08. The molecule has 0 unspecified atom stereocenters. The summed E-state index contributed by atoms with van der Waals surface area (Å²) in [6.45, 7) is 4.51. The van der Waals surface area contributed by atoms with Crippen LogP contribution in [0, 0.1) is 5.21 Å². The van der Waals surface area contributed by atoms with Crippen LogP contribution in [0.1, 0.15) is 6.42 Å². The fourth-order valence-corrected chi connectivity index (χ4v) is 0.664. The van der Waals surface area contributed by atoms with Gasteiger partial charge in [0.2, 0.25) is 0 Å². The van der Waals surface area contributed by atoms with E-state index < -0.39 is 0 Å². The molecule has 0 aliphatic rings. The van der Waals surface area contributed by atoms with Gasteiger partial charge >= 0.3 is 0 Å². The van der Waals surface area contributed by atoms with E-state index in [-0.39, 0.29) is 0 Å². The molecule has 0 aromatic rings. The minimum Gasteiger partial charge on any atom is -0.625 e. The lowest BCUT2D eigenvalue weighted by molar-refractivity contribution is -0.366. The maximum Gasteiger partial charge on any atom is 0.172 e. The Bertz CT molecular complexity index is 161.